The topological polar surface area (TPSA) is 146 Å². The number of methoxy groups -OCH3 is 2. The molecule has 0 aromatic heterocycles. The molecular formula is C15H15ClN4O6S. The molecule has 0 unspecified atom stereocenters. The molecule has 27 heavy (non-hydrogen) atoms. The van der Waals surface area contributed by atoms with Gasteiger partial charge in [-0.1, -0.05) is 11.6 Å². The largest absolute Gasteiger partial charge is 0.493 e. The van der Waals surface area contributed by atoms with Gasteiger partial charge in [-0.3, -0.25) is 15.5 Å². The highest BCUT2D eigenvalue weighted by Gasteiger charge is 2.18. The first-order valence-corrected chi connectivity index (χ1v) is 9.11. The van der Waals surface area contributed by atoms with Gasteiger partial charge in [-0.25, -0.2) is 13.6 Å². The molecule has 2 aromatic carbocycles. The van der Waals surface area contributed by atoms with Gasteiger partial charge in [-0.2, -0.15) is 5.10 Å². The second-order valence-corrected chi connectivity index (χ2v) is 7.06. The number of nitro benzene ring substituents is 1. The Morgan fingerprint density at radius 2 is 1.96 bits per heavy atom. The molecule has 0 heterocycles. The number of hydrogen-bond donors (Lipinski definition) is 2. The number of benzene rings is 2. The van der Waals surface area contributed by atoms with E-state index in [9.17, 15) is 18.5 Å². The van der Waals surface area contributed by atoms with Gasteiger partial charge in [0.25, 0.3) is 5.69 Å². The number of nitrogens with one attached hydrogen (secondary N) is 1. The third-order valence-corrected chi connectivity index (χ3v) is 4.54. The van der Waals surface area contributed by atoms with Gasteiger partial charge in [-0.15, -0.1) is 0 Å². The molecule has 0 aliphatic carbocycles. The molecule has 0 fully saturated rings. The maximum absolute atomic E-state index is 11.3. The predicted octanol–water partition coefficient (Wildman–Crippen LogP) is 2.36. The van der Waals surface area contributed by atoms with Gasteiger partial charge in [0, 0.05) is 6.07 Å². The van der Waals surface area contributed by atoms with Crippen LogP contribution in [0.15, 0.2) is 40.3 Å². The van der Waals surface area contributed by atoms with Crippen LogP contribution in [0.3, 0.4) is 0 Å². The van der Waals surface area contributed by atoms with E-state index in [1.54, 1.807) is 12.1 Å². The minimum Gasteiger partial charge on any atom is -0.493 e. The summed E-state index contributed by atoms with van der Waals surface area (Å²) in [6, 6.07) is 6.34. The Bertz CT molecular complexity index is 1010. The molecule has 3 N–H and O–H groups in total. The molecule has 0 radical (unpaired) electrons. The number of ether oxygens (including phenoxy) is 2. The second-order valence-electron chi connectivity index (χ2n) is 5.09. The Balaban J connectivity index is 2.31. The highest BCUT2D eigenvalue weighted by atomic mass is 35.5. The number of nitro groups is 1. The normalized spacial score (nSPS) is 11.4. The van der Waals surface area contributed by atoms with Crippen molar-refractivity contribution in [3.8, 4) is 11.5 Å². The zero-order chi connectivity index (χ0) is 20.2. The number of halogens is 1. The van der Waals surface area contributed by atoms with Crippen LogP contribution in [-0.2, 0) is 10.0 Å². The van der Waals surface area contributed by atoms with E-state index in [1.165, 1.54) is 26.5 Å². The molecule has 144 valence electrons. The van der Waals surface area contributed by atoms with E-state index in [2.05, 4.69) is 10.5 Å². The third kappa shape index (κ3) is 4.84. The van der Waals surface area contributed by atoms with Crippen molar-refractivity contribution in [3.05, 3.63) is 51.0 Å². The highest BCUT2D eigenvalue weighted by molar-refractivity contribution is 7.89. The van der Waals surface area contributed by atoms with E-state index >= 15 is 0 Å². The lowest BCUT2D eigenvalue weighted by atomic mass is 10.2. The number of sulfonamides is 1. The zero-order valence-electron chi connectivity index (χ0n) is 14.2. The zero-order valence-corrected chi connectivity index (χ0v) is 15.7. The quantitative estimate of drug-likeness (QED) is 0.401. The number of nitrogens with zero attached hydrogens (tertiary/aromatic N) is 2. The molecule has 0 saturated heterocycles. The van der Waals surface area contributed by atoms with Crippen LogP contribution in [0.4, 0.5) is 11.4 Å². The first-order valence-electron chi connectivity index (χ1n) is 7.19. The van der Waals surface area contributed by atoms with Crippen LogP contribution in [0.25, 0.3) is 0 Å². The van der Waals surface area contributed by atoms with Gasteiger partial charge in [0.1, 0.15) is 5.69 Å². The monoisotopic (exact) mass is 414 g/mol. The van der Waals surface area contributed by atoms with Gasteiger partial charge in [0.2, 0.25) is 10.0 Å². The molecule has 10 nitrogen and oxygen atoms in total. The van der Waals surface area contributed by atoms with Crippen molar-refractivity contribution in [1.82, 2.24) is 0 Å². The lowest BCUT2D eigenvalue weighted by Gasteiger charge is -2.10. The maximum Gasteiger partial charge on any atom is 0.295 e. The van der Waals surface area contributed by atoms with Crippen LogP contribution < -0.4 is 20.0 Å². The van der Waals surface area contributed by atoms with E-state index in [0.29, 0.717) is 22.1 Å². The number of hydrogen-bond acceptors (Lipinski definition) is 8. The minimum atomic E-state index is -4.07. The van der Waals surface area contributed by atoms with Gasteiger partial charge in [0.15, 0.2) is 11.5 Å². The Morgan fingerprint density at radius 1 is 1.26 bits per heavy atom. The number of rotatable bonds is 7. The van der Waals surface area contributed by atoms with E-state index in [-0.39, 0.29) is 10.6 Å². The number of hydrazone groups is 1. The van der Waals surface area contributed by atoms with Crippen LogP contribution in [0, 0.1) is 10.1 Å². The van der Waals surface area contributed by atoms with Gasteiger partial charge in [-0.05, 0) is 29.8 Å². The Kier molecular flexibility index (Phi) is 6.20. The molecule has 0 atom stereocenters. The average molecular weight is 415 g/mol. The summed E-state index contributed by atoms with van der Waals surface area (Å²) < 4.78 is 33.0. The van der Waals surface area contributed by atoms with Crippen molar-refractivity contribution in [3.63, 3.8) is 0 Å². The fraction of sp³-hybridized carbons (Fsp3) is 0.133. The molecule has 0 saturated carbocycles. The molecule has 2 rings (SSSR count). The van der Waals surface area contributed by atoms with E-state index in [0.717, 1.165) is 12.1 Å². The lowest BCUT2D eigenvalue weighted by Crippen LogP contribution is -2.12. The van der Waals surface area contributed by atoms with Crippen LogP contribution in [-0.4, -0.2) is 33.8 Å². The average Bonchev–Trinajstić information content (AvgIpc) is 2.60. The fourth-order valence-corrected chi connectivity index (χ4v) is 2.95. The van der Waals surface area contributed by atoms with Gasteiger partial charge in [0.05, 0.1) is 35.3 Å². The third-order valence-electron chi connectivity index (χ3n) is 3.35. The number of nitrogens with two attached hydrogens (primary N) is 1. The summed E-state index contributed by atoms with van der Waals surface area (Å²) in [6.07, 6.45) is 1.35. The summed E-state index contributed by atoms with van der Waals surface area (Å²) in [5.41, 5.74) is 2.51. The molecule has 12 heteroatoms. The minimum absolute atomic E-state index is 0.0183. The van der Waals surface area contributed by atoms with Crippen LogP contribution in [0.1, 0.15) is 5.56 Å². The van der Waals surface area contributed by atoms with Crippen LogP contribution in [0.2, 0.25) is 5.02 Å². The SMILES string of the molecule is COc1cc(/C=N/Nc2ccc(S(N)(=O)=O)cc2[N+](=O)[O-])cc(Cl)c1OC. The first kappa shape index (κ1) is 20.4. The van der Waals surface area contributed by atoms with Crippen molar-refractivity contribution in [2.45, 2.75) is 4.90 Å². The Labute approximate surface area is 159 Å². The molecule has 0 bridgehead atoms. The molecule has 2 aromatic rings. The smallest absolute Gasteiger partial charge is 0.295 e. The second kappa shape index (κ2) is 8.20. The lowest BCUT2D eigenvalue weighted by molar-refractivity contribution is -0.384. The summed E-state index contributed by atoms with van der Waals surface area (Å²) in [5.74, 6) is 0.744. The maximum atomic E-state index is 11.3. The first-order chi connectivity index (χ1) is 12.7. The molecule has 0 amide bonds. The van der Waals surface area contributed by atoms with Gasteiger partial charge < -0.3 is 9.47 Å². The van der Waals surface area contributed by atoms with Crippen LogP contribution in [0.5, 0.6) is 11.5 Å². The Morgan fingerprint density at radius 3 is 2.52 bits per heavy atom. The van der Waals surface area contributed by atoms with Gasteiger partial charge >= 0.3 is 0 Å². The van der Waals surface area contributed by atoms with Crippen molar-refractivity contribution in [2.75, 3.05) is 19.6 Å². The standard InChI is InChI=1S/C15H15ClN4O6S/c1-25-14-6-9(5-11(16)15(14)26-2)8-18-19-12-4-3-10(27(17,23)24)7-13(12)20(21)22/h3-8,19H,1-2H3,(H2,17,23,24)/b18-8+. The van der Waals surface area contributed by atoms with Crippen molar-refractivity contribution in [1.29, 1.82) is 0 Å². The molecule has 0 aliphatic heterocycles. The van der Waals surface area contributed by atoms with E-state index < -0.39 is 20.6 Å². The van der Waals surface area contributed by atoms with Crippen molar-refractivity contribution >= 4 is 39.2 Å². The molecular weight excluding hydrogens is 400 g/mol. The van der Waals surface area contributed by atoms with Crippen molar-refractivity contribution < 1.29 is 22.8 Å². The summed E-state index contributed by atoms with van der Waals surface area (Å²) in [6.45, 7) is 0. The fourth-order valence-electron chi connectivity index (χ4n) is 2.12. The van der Waals surface area contributed by atoms with Crippen LogP contribution >= 0.6 is 11.6 Å². The summed E-state index contributed by atoms with van der Waals surface area (Å²) >= 11 is 6.09. The number of anilines is 1. The highest BCUT2D eigenvalue weighted by Crippen LogP contribution is 2.35. The summed E-state index contributed by atoms with van der Waals surface area (Å²) in [4.78, 5) is 10.0. The summed E-state index contributed by atoms with van der Waals surface area (Å²) in [5, 5.41) is 20.3. The summed E-state index contributed by atoms with van der Waals surface area (Å²) in [7, 11) is -1.17. The molecule has 0 aliphatic rings. The predicted molar refractivity (Wildman–Crippen MR) is 100 cm³/mol. The van der Waals surface area contributed by atoms with E-state index in [1.807, 2.05) is 0 Å². The van der Waals surface area contributed by atoms with Crippen molar-refractivity contribution in [2.24, 2.45) is 10.2 Å². The Hall–Kier alpha value is -2.89. The molecule has 0 spiro atoms. The number of primary sulfonamides is 1. The van der Waals surface area contributed by atoms with E-state index in [4.69, 9.17) is 26.2 Å².